The highest BCUT2D eigenvalue weighted by Gasteiger charge is 2.05. The number of hydrogen-bond donors (Lipinski definition) is 0. The van der Waals surface area contributed by atoms with Crippen LogP contribution in [0.5, 0.6) is 0 Å². The third-order valence-corrected chi connectivity index (χ3v) is 3.00. The van der Waals surface area contributed by atoms with E-state index < -0.39 is 0 Å². The van der Waals surface area contributed by atoms with Gasteiger partial charge in [0.1, 0.15) is 0 Å². The van der Waals surface area contributed by atoms with Crippen LogP contribution >= 0.6 is 23.2 Å². The number of rotatable bonds is 2. The van der Waals surface area contributed by atoms with E-state index in [9.17, 15) is 0 Å². The van der Waals surface area contributed by atoms with Crippen LogP contribution in [0.2, 0.25) is 10.0 Å². The van der Waals surface area contributed by atoms with Gasteiger partial charge in [-0.3, -0.25) is 4.68 Å². The molecule has 0 unspecified atom stereocenters. The van der Waals surface area contributed by atoms with Gasteiger partial charge in [0, 0.05) is 6.20 Å². The quantitative estimate of drug-likeness (QED) is 0.786. The summed E-state index contributed by atoms with van der Waals surface area (Å²) in [4.78, 5) is 0. The molecule has 1 aromatic carbocycles. The summed E-state index contributed by atoms with van der Waals surface area (Å²) in [5, 5.41) is 5.48. The molecular weight excluding hydrogens is 231 g/mol. The van der Waals surface area contributed by atoms with Crippen LogP contribution in [0.25, 0.3) is 0 Å². The van der Waals surface area contributed by atoms with Crippen LogP contribution in [0, 0.1) is 6.92 Å². The smallest absolute Gasteiger partial charge is 0.0674 e. The third kappa shape index (κ3) is 2.33. The molecule has 0 atom stereocenters. The first-order chi connectivity index (χ1) is 7.16. The first-order valence-electron chi connectivity index (χ1n) is 4.60. The number of aromatic nitrogens is 2. The largest absolute Gasteiger partial charge is 0.268 e. The fraction of sp³-hybridized carbons (Fsp3) is 0.182. The molecule has 2 nitrogen and oxygen atoms in total. The van der Waals surface area contributed by atoms with Gasteiger partial charge in [0.25, 0.3) is 0 Å². The second-order valence-corrected chi connectivity index (χ2v) is 4.15. The summed E-state index contributed by atoms with van der Waals surface area (Å²) in [6, 6.07) is 7.57. The van der Waals surface area contributed by atoms with Crippen molar-refractivity contribution in [1.82, 2.24) is 9.78 Å². The molecule has 0 N–H and O–H groups in total. The molecule has 1 aromatic heterocycles. The molecule has 0 fully saturated rings. The Balaban J connectivity index is 2.28. The minimum Gasteiger partial charge on any atom is -0.268 e. The molecule has 2 rings (SSSR count). The van der Waals surface area contributed by atoms with Gasteiger partial charge in [-0.25, -0.2) is 0 Å². The predicted molar refractivity (Wildman–Crippen MR) is 62.5 cm³/mol. The van der Waals surface area contributed by atoms with Gasteiger partial charge in [-0.1, -0.05) is 35.3 Å². The number of hydrogen-bond acceptors (Lipinski definition) is 1. The van der Waals surface area contributed by atoms with Crippen molar-refractivity contribution in [3.05, 3.63) is 51.8 Å². The normalized spacial score (nSPS) is 10.6. The second kappa shape index (κ2) is 4.25. The van der Waals surface area contributed by atoms with Gasteiger partial charge >= 0.3 is 0 Å². The van der Waals surface area contributed by atoms with E-state index in [-0.39, 0.29) is 0 Å². The van der Waals surface area contributed by atoms with E-state index in [0.717, 1.165) is 11.3 Å². The van der Waals surface area contributed by atoms with E-state index in [2.05, 4.69) is 5.10 Å². The zero-order valence-corrected chi connectivity index (χ0v) is 9.76. The minimum absolute atomic E-state index is 0.582. The highest BCUT2D eigenvalue weighted by atomic mass is 35.5. The standard InChI is InChI=1S/C11H10Cl2N2/c1-8-5-6-15(14-8)7-9-3-2-4-10(12)11(9)13/h2-6H,7H2,1H3. The van der Waals surface area contributed by atoms with Crippen molar-refractivity contribution in [1.29, 1.82) is 0 Å². The van der Waals surface area contributed by atoms with Crippen molar-refractivity contribution < 1.29 is 0 Å². The van der Waals surface area contributed by atoms with Gasteiger partial charge in [0.2, 0.25) is 0 Å². The van der Waals surface area contributed by atoms with E-state index >= 15 is 0 Å². The maximum Gasteiger partial charge on any atom is 0.0674 e. The van der Waals surface area contributed by atoms with Gasteiger partial charge in [0.05, 0.1) is 22.3 Å². The third-order valence-electron chi connectivity index (χ3n) is 2.14. The topological polar surface area (TPSA) is 17.8 Å². The van der Waals surface area contributed by atoms with Crippen LogP contribution in [0.4, 0.5) is 0 Å². The zero-order valence-electron chi connectivity index (χ0n) is 8.24. The molecule has 0 radical (unpaired) electrons. The minimum atomic E-state index is 0.582. The van der Waals surface area contributed by atoms with Crippen molar-refractivity contribution >= 4 is 23.2 Å². The number of aryl methyl sites for hydroxylation is 1. The van der Waals surface area contributed by atoms with Crippen LogP contribution in [-0.4, -0.2) is 9.78 Å². The molecule has 2 aromatic rings. The van der Waals surface area contributed by atoms with Crippen LogP contribution in [-0.2, 0) is 6.54 Å². The maximum absolute atomic E-state index is 6.08. The molecule has 0 bridgehead atoms. The summed E-state index contributed by atoms with van der Waals surface area (Å²) in [6.45, 7) is 2.60. The molecule has 0 aliphatic rings. The molecule has 0 saturated carbocycles. The highest BCUT2D eigenvalue weighted by molar-refractivity contribution is 6.42. The van der Waals surface area contributed by atoms with Gasteiger partial charge in [0.15, 0.2) is 0 Å². The summed E-state index contributed by atoms with van der Waals surface area (Å²) < 4.78 is 1.84. The maximum atomic E-state index is 6.08. The molecular formula is C11H10Cl2N2. The lowest BCUT2D eigenvalue weighted by Gasteiger charge is -2.05. The van der Waals surface area contributed by atoms with Crippen molar-refractivity contribution in [2.75, 3.05) is 0 Å². The summed E-state index contributed by atoms with van der Waals surface area (Å²) in [5.74, 6) is 0. The Labute approximate surface area is 98.4 Å². The Kier molecular flexibility index (Phi) is 2.98. The predicted octanol–water partition coefficient (Wildman–Crippen LogP) is 3.55. The van der Waals surface area contributed by atoms with Gasteiger partial charge in [-0.05, 0) is 24.6 Å². The van der Waals surface area contributed by atoms with Crippen molar-refractivity contribution in [3.63, 3.8) is 0 Å². The SMILES string of the molecule is Cc1ccn(Cc2cccc(Cl)c2Cl)n1. The van der Waals surface area contributed by atoms with Crippen molar-refractivity contribution in [2.24, 2.45) is 0 Å². The average molecular weight is 241 g/mol. The van der Waals surface area contributed by atoms with Gasteiger partial charge in [-0.2, -0.15) is 5.10 Å². The molecule has 15 heavy (non-hydrogen) atoms. The number of benzene rings is 1. The number of halogens is 2. The average Bonchev–Trinajstić information content (AvgIpc) is 2.59. The fourth-order valence-electron chi connectivity index (χ4n) is 1.40. The van der Waals surface area contributed by atoms with Crippen LogP contribution in [0.3, 0.4) is 0 Å². The van der Waals surface area contributed by atoms with E-state index in [1.54, 1.807) is 6.07 Å². The Bertz CT molecular complexity index is 477. The first-order valence-corrected chi connectivity index (χ1v) is 5.35. The van der Waals surface area contributed by atoms with E-state index in [0.29, 0.717) is 16.6 Å². The first kappa shape index (κ1) is 10.5. The zero-order chi connectivity index (χ0) is 10.8. The molecule has 0 amide bonds. The van der Waals surface area contributed by atoms with E-state index in [1.807, 2.05) is 36.0 Å². The summed E-state index contributed by atoms with van der Waals surface area (Å²) in [6.07, 6.45) is 1.92. The fourth-order valence-corrected chi connectivity index (χ4v) is 1.78. The Hall–Kier alpha value is -0.990. The lowest BCUT2D eigenvalue weighted by Crippen LogP contribution is -2.01. The Morgan fingerprint density at radius 1 is 1.27 bits per heavy atom. The van der Waals surface area contributed by atoms with Gasteiger partial charge in [-0.15, -0.1) is 0 Å². The van der Waals surface area contributed by atoms with Crippen molar-refractivity contribution in [2.45, 2.75) is 13.5 Å². The van der Waals surface area contributed by atoms with E-state index in [4.69, 9.17) is 23.2 Å². The molecule has 4 heteroatoms. The molecule has 0 saturated heterocycles. The van der Waals surface area contributed by atoms with Gasteiger partial charge < -0.3 is 0 Å². The van der Waals surface area contributed by atoms with Crippen LogP contribution < -0.4 is 0 Å². The second-order valence-electron chi connectivity index (χ2n) is 3.37. The van der Waals surface area contributed by atoms with Crippen molar-refractivity contribution in [3.8, 4) is 0 Å². The number of nitrogens with zero attached hydrogens (tertiary/aromatic N) is 2. The molecule has 0 aliphatic heterocycles. The summed E-state index contributed by atoms with van der Waals surface area (Å²) in [7, 11) is 0. The highest BCUT2D eigenvalue weighted by Crippen LogP contribution is 2.25. The molecule has 78 valence electrons. The Morgan fingerprint density at radius 3 is 2.73 bits per heavy atom. The molecule has 1 heterocycles. The molecule has 0 spiro atoms. The van der Waals surface area contributed by atoms with Crippen LogP contribution in [0.15, 0.2) is 30.5 Å². The lowest BCUT2D eigenvalue weighted by molar-refractivity contribution is 0.679. The summed E-state index contributed by atoms with van der Waals surface area (Å²) >= 11 is 12.0. The van der Waals surface area contributed by atoms with Crippen LogP contribution in [0.1, 0.15) is 11.3 Å². The van der Waals surface area contributed by atoms with E-state index in [1.165, 1.54) is 0 Å². The summed E-state index contributed by atoms with van der Waals surface area (Å²) in [5.41, 5.74) is 1.97. The Morgan fingerprint density at radius 2 is 2.07 bits per heavy atom. The monoisotopic (exact) mass is 240 g/mol. The lowest BCUT2D eigenvalue weighted by atomic mass is 10.2. The molecule has 0 aliphatic carbocycles.